The lowest BCUT2D eigenvalue weighted by molar-refractivity contribution is 0.768. The van der Waals surface area contributed by atoms with Crippen LogP contribution >= 0.6 is 0 Å². The van der Waals surface area contributed by atoms with E-state index in [9.17, 15) is 0 Å². The van der Waals surface area contributed by atoms with Crippen LogP contribution < -0.4 is 0 Å². The molecule has 0 N–H and O–H groups in total. The number of fused-ring (bicyclic) bond motifs is 3. The van der Waals surface area contributed by atoms with E-state index in [4.69, 9.17) is 15.0 Å². The van der Waals surface area contributed by atoms with Crippen molar-refractivity contribution in [1.82, 2.24) is 19.9 Å². The van der Waals surface area contributed by atoms with Gasteiger partial charge in [0, 0.05) is 29.1 Å². The molecule has 2 heterocycles. The summed E-state index contributed by atoms with van der Waals surface area (Å²) in [4.78, 5) is 19.1. The van der Waals surface area contributed by atoms with E-state index in [0.717, 1.165) is 38.9 Å². The van der Waals surface area contributed by atoms with Crippen molar-refractivity contribution < 1.29 is 0 Å². The predicted molar refractivity (Wildman–Crippen MR) is 248 cm³/mol. The zero-order valence-electron chi connectivity index (χ0n) is 33.2. The van der Waals surface area contributed by atoms with E-state index in [2.05, 4.69) is 181 Å². The topological polar surface area (TPSA) is 51.6 Å². The van der Waals surface area contributed by atoms with Crippen molar-refractivity contribution in [2.24, 2.45) is 0 Å². The first-order valence-corrected chi connectivity index (χ1v) is 20.6. The summed E-state index contributed by atoms with van der Waals surface area (Å²) in [5, 5.41) is 0. The average molecular weight is 779 g/mol. The predicted octanol–water partition coefficient (Wildman–Crippen LogP) is 13.6. The Bertz CT molecular complexity index is 3090. The van der Waals surface area contributed by atoms with Crippen LogP contribution in [0.1, 0.15) is 22.3 Å². The maximum Gasteiger partial charge on any atom is 0.164 e. The molecule has 1 aliphatic rings. The van der Waals surface area contributed by atoms with Crippen LogP contribution in [-0.2, 0) is 5.41 Å². The molecule has 61 heavy (non-hydrogen) atoms. The first-order valence-electron chi connectivity index (χ1n) is 20.6. The number of nitrogens with zero attached hydrogens (tertiary/aromatic N) is 4. The molecule has 4 heteroatoms. The fourth-order valence-corrected chi connectivity index (χ4v) is 9.09. The van der Waals surface area contributed by atoms with Gasteiger partial charge in [-0.25, -0.2) is 15.0 Å². The lowest BCUT2D eigenvalue weighted by atomic mass is 9.67. The number of aromatic nitrogens is 4. The molecule has 1 aliphatic carbocycles. The summed E-state index contributed by atoms with van der Waals surface area (Å²) in [7, 11) is 0. The summed E-state index contributed by atoms with van der Waals surface area (Å²) in [6.07, 6.45) is 3.62. The molecule has 0 atom stereocenters. The Balaban J connectivity index is 0.939. The van der Waals surface area contributed by atoms with Crippen LogP contribution in [0.5, 0.6) is 0 Å². The number of hydrogen-bond donors (Lipinski definition) is 0. The molecule has 0 aliphatic heterocycles. The van der Waals surface area contributed by atoms with E-state index in [1.165, 1.54) is 44.5 Å². The highest BCUT2D eigenvalue weighted by atomic mass is 15.0. The molecule has 0 fully saturated rings. The van der Waals surface area contributed by atoms with E-state index in [0.29, 0.717) is 17.5 Å². The number of pyridine rings is 1. The quantitative estimate of drug-likeness (QED) is 0.154. The highest BCUT2D eigenvalue weighted by molar-refractivity contribution is 5.95. The molecule has 0 bridgehead atoms. The Hall–Kier alpha value is -8.08. The minimum absolute atomic E-state index is 0.432. The van der Waals surface area contributed by atoms with Crippen LogP contribution in [0.2, 0.25) is 0 Å². The Labute approximate surface area is 355 Å². The standard InChI is InChI=1S/C57H38N4/c1-4-13-44(14-5-1)54-59-55(61-56(60-54)46-33-27-41(28-34-46)42-35-37-58-38-36-42)45-31-25-40(26-32-45)39-23-29-43(30-24-39)49-20-12-22-52-53(49)50-19-10-11-21-51(50)57(52,47-15-6-2-7-16-47)48-17-8-3-9-18-48/h1-38H. The second-order valence-electron chi connectivity index (χ2n) is 15.4. The third-order valence-corrected chi connectivity index (χ3v) is 12.0. The molecule has 0 saturated heterocycles. The van der Waals surface area contributed by atoms with Crippen LogP contribution in [0.25, 0.3) is 78.7 Å². The minimum Gasteiger partial charge on any atom is -0.265 e. The third-order valence-electron chi connectivity index (χ3n) is 12.0. The molecule has 10 aromatic rings. The Morgan fingerprint density at radius 1 is 0.262 bits per heavy atom. The molecular formula is C57H38N4. The van der Waals surface area contributed by atoms with Gasteiger partial charge in [0.05, 0.1) is 5.41 Å². The lowest BCUT2D eigenvalue weighted by Gasteiger charge is -2.34. The van der Waals surface area contributed by atoms with Crippen LogP contribution in [0.3, 0.4) is 0 Å². The molecular weight excluding hydrogens is 741 g/mol. The first kappa shape index (κ1) is 36.0. The fraction of sp³-hybridized carbons (Fsp3) is 0.0175. The van der Waals surface area contributed by atoms with Gasteiger partial charge in [0.1, 0.15) is 0 Å². The average Bonchev–Trinajstić information content (AvgIpc) is 3.66. The SMILES string of the molecule is c1ccc(-c2nc(-c3ccc(-c4ccncc4)cc3)nc(-c3ccc(-c4ccc(-c5cccc6c5-c5ccccc5C6(c5ccccc5)c5ccccc5)cc4)cc3)n2)cc1. The van der Waals surface area contributed by atoms with Gasteiger partial charge in [-0.2, -0.15) is 0 Å². The van der Waals surface area contributed by atoms with Crippen molar-refractivity contribution in [2.75, 3.05) is 0 Å². The molecule has 286 valence electrons. The van der Waals surface area contributed by atoms with E-state index in [1.54, 1.807) is 0 Å². The van der Waals surface area contributed by atoms with Crippen molar-refractivity contribution >= 4 is 0 Å². The summed E-state index contributed by atoms with van der Waals surface area (Å²) < 4.78 is 0. The van der Waals surface area contributed by atoms with Gasteiger partial charge in [0.2, 0.25) is 0 Å². The Kier molecular flexibility index (Phi) is 9.02. The monoisotopic (exact) mass is 778 g/mol. The van der Waals surface area contributed by atoms with Gasteiger partial charge < -0.3 is 0 Å². The largest absolute Gasteiger partial charge is 0.265 e. The normalized spacial score (nSPS) is 12.4. The first-order chi connectivity index (χ1) is 30.2. The van der Waals surface area contributed by atoms with Gasteiger partial charge >= 0.3 is 0 Å². The van der Waals surface area contributed by atoms with Crippen LogP contribution in [0, 0.1) is 0 Å². The van der Waals surface area contributed by atoms with Crippen LogP contribution in [0.4, 0.5) is 0 Å². The number of benzene rings is 8. The van der Waals surface area contributed by atoms with Gasteiger partial charge in [-0.3, -0.25) is 4.98 Å². The van der Waals surface area contributed by atoms with Crippen LogP contribution in [-0.4, -0.2) is 19.9 Å². The van der Waals surface area contributed by atoms with Gasteiger partial charge in [0.15, 0.2) is 17.5 Å². The van der Waals surface area contributed by atoms with E-state index < -0.39 is 5.41 Å². The van der Waals surface area contributed by atoms with Crippen molar-refractivity contribution in [3.8, 4) is 78.7 Å². The zero-order valence-corrected chi connectivity index (χ0v) is 33.2. The Morgan fingerprint density at radius 3 is 1.16 bits per heavy atom. The molecule has 11 rings (SSSR count). The van der Waals surface area contributed by atoms with Gasteiger partial charge in [0.25, 0.3) is 0 Å². The summed E-state index contributed by atoms with van der Waals surface area (Å²) in [5.74, 6) is 1.90. The maximum absolute atomic E-state index is 5.01. The summed E-state index contributed by atoms with van der Waals surface area (Å²) in [5.41, 5.74) is 17.0. The van der Waals surface area contributed by atoms with Gasteiger partial charge in [-0.1, -0.05) is 206 Å². The van der Waals surface area contributed by atoms with Crippen molar-refractivity contribution in [3.63, 3.8) is 0 Å². The minimum atomic E-state index is -0.432. The smallest absolute Gasteiger partial charge is 0.164 e. The Morgan fingerprint density at radius 2 is 0.639 bits per heavy atom. The summed E-state index contributed by atoms with van der Waals surface area (Å²) in [6, 6.07) is 77.7. The highest BCUT2D eigenvalue weighted by Crippen LogP contribution is 2.58. The summed E-state index contributed by atoms with van der Waals surface area (Å²) >= 11 is 0. The van der Waals surface area contributed by atoms with Crippen molar-refractivity contribution in [3.05, 3.63) is 253 Å². The van der Waals surface area contributed by atoms with Crippen molar-refractivity contribution in [1.29, 1.82) is 0 Å². The van der Waals surface area contributed by atoms with Gasteiger partial charge in [-0.05, 0) is 78.9 Å². The molecule has 0 saturated carbocycles. The second-order valence-corrected chi connectivity index (χ2v) is 15.4. The van der Waals surface area contributed by atoms with Crippen molar-refractivity contribution in [2.45, 2.75) is 5.41 Å². The van der Waals surface area contributed by atoms with E-state index >= 15 is 0 Å². The molecule has 8 aromatic carbocycles. The van der Waals surface area contributed by atoms with Gasteiger partial charge in [-0.15, -0.1) is 0 Å². The number of hydrogen-bond acceptors (Lipinski definition) is 4. The molecule has 0 radical (unpaired) electrons. The number of rotatable bonds is 8. The molecule has 0 spiro atoms. The second kappa shape index (κ2) is 15.3. The molecule has 0 amide bonds. The molecule has 4 nitrogen and oxygen atoms in total. The van der Waals surface area contributed by atoms with E-state index in [-0.39, 0.29) is 0 Å². The maximum atomic E-state index is 5.01. The van der Waals surface area contributed by atoms with Crippen LogP contribution in [0.15, 0.2) is 231 Å². The summed E-state index contributed by atoms with van der Waals surface area (Å²) in [6.45, 7) is 0. The fourth-order valence-electron chi connectivity index (χ4n) is 9.09. The van der Waals surface area contributed by atoms with E-state index in [1.807, 2.05) is 54.9 Å². The highest BCUT2D eigenvalue weighted by Gasteiger charge is 2.46. The molecule has 0 unspecified atom stereocenters. The zero-order chi connectivity index (χ0) is 40.6. The molecule has 2 aromatic heterocycles. The lowest BCUT2D eigenvalue weighted by Crippen LogP contribution is -2.28. The third kappa shape index (κ3) is 6.33.